The van der Waals surface area contributed by atoms with E-state index in [4.69, 9.17) is 11.5 Å². The van der Waals surface area contributed by atoms with Crippen molar-refractivity contribution in [1.29, 1.82) is 0 Å². The van der Waals surface area contributed by atoms with Gasteiger partial charge in [0.05, 0.1) is 24.1 Å². The Bertz CT molecular complexity index is 1400. The number of nitrogens with one attached hydrogen (secondary N) is 1. The third-order valence-corrected chi connectivity index (χ3v) is 6.92. The second-order valence-corrected chi connectivity index (χ2v) is 9.64. The zero-order valence-corrected chi connectivity index (χ0v) is 20.1. The van der Waals surface area contributed by atoms with Crippen LogP contribution in [-0.4, -0.2) is 39.8 Å². The van der Waals surface area contributed by atoms with E-state index >= 15 is 0 Å². The fraction of sp³-hybridized carbons (Fsp3) is 0.240. The molecule has 1 aliphatic rings. The number of nitrogens with two attached hydrogens (primary N) is 2. The molecule has 1 saturated heterocycles. The summed E-state index contributed by atoms with van der Waals surface area (Å²) in [5.41, 5.74) is 15.3. The van der Waals surface area contributed by atoms with E-state index in [-0.39, 0.29) is 29.8 Å². The van der Waals surface area contributed by atoms with Crippen LogP contribution in [-0.2, 0) is 6.54 Å². The molecule has 1 atom stereocenters. The van der Waals surface area contributed by atoms with E-state index in [2.05, 4.69) is 20.3 Å². The lowest BCUT2D eigenvalue weighted by Gasteiger charge is -2.34. The number of carbonyl (C=O) groups excluding carboxylic acids is 1. The van der Waals surface area contributed by atoms with Crippen LogP contribution in [0.3, 0.4) is 0 Å². The maximum absolute atomic E-state index is 14.0. The first-order valence-electron chi connectivity index (χ1n) is 11.5. The van der Waals surface area contributed by atoms with E-state index in [1.54, 1.807) is 29.9 Å². The van der Waals surface area contributed by atoms with Crippen molar-refractivity contribution in [3.8, 4) is 10.6 Å². The average Bonchev–Trinajstić information content (AvgIpc) is 3.51. The third-order valence-electron chi connectivity index (χ3n) is 6.02. The Kier molecular flexibility index (Phi) is 6.66. The summed E-state index contributed by atoms with van der Waals surface area (Å²) in [5, 5.41) is 9.41. The van der Waals surface area contributed by atoms with Gasteiger partial charge in [0.2, 0.25) is 0 Å². The zero-order chi connectivity index (χ0) is 25.2. The van der Waals surface area contributed by atoms with Gasteiger partial charge in [0.1, 0.15) is 22.3 Å². The van der Waals surface area contributed by atoms with E-state index < -0.39 is 11.6 Å². The number of halogens is 2. The number of amides is 1. The van der Waals surface area contributed by atoms with E-state index in [1.807, 2.05) is 6.07 Å². The molecule has 0 spiro atoms. The molecule has 186 valence electrons. The molecule has 1 amide bonds. The normalized spacial score (nSPS) is 15.8. The van der Waals surface area contributed by atoms with E-state index in [0.29, 0.717) is 28.5 Å². The SMILES string of the molecule is Nc1ccc(N2CCCC(N)C2)c(NC(=O)c2csc(-c3cnn(Cc4cc(F)ccc4F)c3)n2)c1. The van der Waals surface area contributed by atoms with Gasteiger partial charge in [0, 0.05) is 47.5 Å². The molecule has 1 unspecified atom stereocenters. The maximum atomic E-state index is 14.0. The number of nitrogen functional groups attached to an aromatic ring is 1. The molecule has 0 radical (unpaired) electrons. The van der Waals surface area contributed by atoms with Crippen molar-refractivity contribution < 1.29 is 13.6 Å². The molecule has 2 aromatic carbocycles. The minimum atomic E-state index is -0.513. The van der Waals surface area contributed by atoms with Crippen LogP contribution in [0.4, 0.5) is 25.8 Å². The molecule has 11 heteroatoms. The van der Waals surface area contributed by atoms with Crippen LogP contribution >= 0.6 is 11.3 Å². The summed E-state index contributed by atoms with van der Waals surface area (Å²) in [6.07, 6.45) is 5.21. The zero-order valence-electron chi connectivity index (χ0n) is 19.3. The number of benzene rings is 2. The van der Waals surface area contributed by atoms with E-state index in [1.165, 1.54) is 16.0 Å². The average molecular weight is 510 g/mol. The molecule has 3 heterocycles. The predicted octanol–water partition coefficient (Wildman–Crippen LogP) is 4.10. The van der Waals surface area contributed by atoms with Crippen LogP contribution in [0.1, 0.15) is 28.9 Å². The van der Waals surface area contributed by atoms with Crippen molar-refractivity contribution in [3.63, 3.8) is 0 Å². The number of thiazole rings is 1. The Morgan fingerprint density at radius 1 is 1.22 bits per heavy atom. The number of hydrogen-bond donors (Lipinski definition) is 3. The Hall–Kier alpha value is -3.83. The van der Waals surface area contributed by atoms with E-state index in [0.717, 1.165) is 43.3 Å². The van der Waals surface area contributed by atoms with Crippen LogP contribution in [0.2, 0.25) is 0 Å². The molecule has 8 nitrogen and oxygen atoms in total. The summed E-state index contributed by atoms with van der Waals surface area (Å²) in [7, 11) is 0. The quantitative estimate of drug-likeness (QED) is 0.337. The Labute approximate surface area is 210 Å². The molecular weight excluding hydrogens is 484 g/mol. The fourth-order valence-corrected chi connectivity index (χ4v) is 5.03. The molecule has 2 aromatic heterocycles. The number of nitrogens with zero attached hydrogens (tertiary/aromatic N) is 4. The van der Waals surface area contributed by atoms with Gasteiger partial charge >= 0.3 is 0 Å². The second-order valence-electron chi connectivity index (χ2n) is 8.78. The molecule has 4 aromatic rings. The summed E-state index contributed by atoms with van der Waals surface area (Å²) < 4.78 is 28.9. The number of hydrogen-bond acceptors (Lipinski definition) is 7. The van der Waals surface area contributed by atoms with Gasteiger partial charge in [-0.05, 0) is 49.2 Å². The summed E-state index contributed by atoms with van der Waals surface area (Å²) in [5.74, 6) is -1.38. The number of piperidine rings is 1. The first-order chi connectivity index (χ1) is 17.4. The molecule has 5 rings (SSSR count). The third kappa shape index (κ3) is 5.21. The van der Waals surface area contributed by atoms with Crippen LogP contribution in [0.25, 0.3) is 10.6 Å². The molecule has 1 aliphatic heterocycles. The van der Waals surface area contributed by atoms with Gasteiger partial charge in [-0.1, -0.05) is 0 Å². The van der Waals surface area contributed by atoms with Gasteiger partial charge in [-0.2, -0.15) is 5.10 Å². The Balaban J connectivity index is 1.31. The smallest absolute Gasteiger partial charge is 0.275 e. The van der Waals surface area contributed by atoms with Gasteiger partial charge < -0.3 is 21.7 Å². The molecule has 36 heavy (non-hydrogen) atoms. The first-order valence-corrected chi connectivity index (χ1v) is 12.4. The number of rotatable bonds is 6. The van der Waals surface area contributed by atoms with Gasteiger partial charge in [-0.3, -0.25) is 9.48 Å². The topological polar surface area (TPSA) is 115 Å². The maximum Gasteiger partial charge on any atom is 0.275 e. The fourth-order valence-electron chi connectivity index (χ4n) is 4.25. The second kappa shape index (κ2) is 10.0. The van der Waals surface area contributed by atoms with Crippen molar-refractivity contribution in [2.75, 3.05) is 29.0 Å². The van der Waals surface area contributed by atoms with Gasteiger partial charge in [-0.15, -0.1) is 11.3 Å². The lowest BCUT2D eigenvalue weighted by molar-refractivity contribution is 0.102. The van der Waals surface area contributed by atoms with Gasteiger partial charge in [-0.25, -0.2) is 13.8 Å². The highest BCUT2D eigenvalue weighted by atomic mass is 32.1. The summed E-state index contributed by atoms with van der Waals surface area (Å²) in [6.45, 7) is 1.63. The first kappa shape index (κ1) is 23.9. The molecule has 1 fully saturated rings. The van der Waals surface area contributed by atoms with Crippen molar-refractivity contribution in [2.45, 2.75) is 25.4 Å². The standard InChI is InChI=1S/C25H25F2N7OS/c26-17-3-5-20(27)15(8-17)11-34-12-16(10-30-34)25-32-22(14-36-25)24(35)31-21-9-18(28)4-6-23(21)33-7-1-2-19(29)13-33/h3-6,8-10,12,14,19H,1-2,7,11,13,28-29H2,(H,31,35). The minimum absolute atomic E-state index is 0.0701. The van der Waals surface area contributed by atoms with Crippen molar-refractivity contribution in [2.24, 2.45) is 5.73 Å². The molecule has 0 bridgehead atoms. The summed E-state index contributed by atoms with van der Waals surface area (Å²) in [4.78, 5) is 19.7. The minimum Gasteiger partial charge on any atom is -0.399 e. The van der Waals surface area contributed by atoms with Crippen LogP contribution < -0.4 is 21.7 Å². The van der Waals surface area contributed by atoms with Gasteiger partial charge in [0.15, 0.2) is 0 Å². The van der Waals surface area contributed by atoms with Crippen molar-refractivity contribution in [1.82, 2.24) is 14.8 Å². The highest BCUT2D eigenvalue weighted by molar-refractivity contribution is 7.13. The Morgan fingerprint density at radius 2 is 2.08 bits per heavy atom. The Morgan fingerprint density at radius 3 is 2.92 bits per heavy atom. The largest absolute Gasteiger partial charge is 0.399 e. The number of carbonyl (C=O) groups is 1. The van der Waals surface area contributed by atoms with Crippen LogP contribution in [0.5, 0.6) is 0 Å². The summed E-state index contributed by atoms with van der Waals surface area (Å²) in [6, 6.07) is 8.82. The monoisotopic (exact) mass is 509 g/mol. The molecular formula is C25H25F2N7OS. The molecule has 0 aliphatic carbocycles. The molecule has 0 saturated carbocycles. The van der Waals surface area contributed by atoms with Crippen LogP contribution in [0.15, 0.2) is 54.2 Å². The summed E-state index contributed by atoms with van der Waals surface area (Å²) >= 11 is 1.29. The van der Waals surface area contributed by atoms with Crippen LogP contribution in [0, 0.1) is 11.6 Å². The predicted molar refractivity (Wildman–Crippen MR) is 137 cm³/mol. The van der Waals surface area contributed by atoms with Gasteiger partial charge in [0.25, 0.3) is 5.91 Å². The van der Waals surface area contributed by atoms with Crippen molar-refractivity contribution in [3.05, 3.63) is 77.1 Å². The number of aromatic nitrogens is 3. The molecule has 5 N–H and O–H groups in total. The highest BCUT2D eigenvalue weighted by Crippen LogP contribution is 2.31. The van der Waals surface area contributed by atoms with Crippen molar-refractivity contribution >= 4 is 34.3 Å². The number of anilines is 3. The van der Waals surface area contributed by atoms with E-state index in [9.17, 15) is 13.6 Å². The highest BCUT2D eigenvalue weighted by Gasteiger charge is 2.21. The lowest BCUT2D eigenvalue weighted by atomic mass is 10.1. The lowest BCUT2D eigenvalue weighted by Crippen LogP contribution is -2.43.